The fourth-order valence-corrected chi connectivity index (χ4v) is 3.13. The second kappa shape index (κ2) is 7.40. The Bertz CT molecular complexity index is 949. The summed E-state index contributed by atoms with van der Waals surface area (Å²) in [6.07, 6.45) is 1.42. The van der Waals surface area contributed by atoms with Gasteiger partial charge in [-0.05, 0) is 36.8 Å². The summed E-state index contributed by atoms with van der Waals surface area (Å²) in [7, 11) is 1.92. The molecule has 1 heterocycles. The Kier molecular flexibility index (Phi) is 5.04. The zero-order valence-electron chi connectivity index (χ0n) is 13.9. The van der Waals surface area contributed by atoms with Gasteiger partial charge in [0.2, 0.25) is 0 Å². The number of nitrogens with zero attached hydrogens (tertiary/aromatic N) is 3. The molecule has 0 fully saturated rings. The fourth-order valence-electron chi connectivity index (χ4n) is 2.35. The average molecular weight is 354 g/mol. The highest BCUT2D eigenvalue weighted by molar-refractivity contribution is 7.99. The number of imidazole rings is 1. The smallest absolute Gasteiger partial charge is 0.250 e. The van der Waals surface area contributed by atoms with Gasteiger partial charge in [-0.1, -0.05) is 30.0 Å². The molecule has 0 bridgehead atoms. The standard InChI is InChI=1S/C18H18N4O2S/c1-12-7-8-13(16(23)9-12)10-19-21-17(24)11-25-18-20-14-5-3-4-6-15(14)22(18)2/h3-10,23H,11H2,1-2H3,(H,21,24). The van der Waals surface area contributed by atoms with Crippen LogP contribution in [0.3, 0.4) is 0 Å². The van der Waals surface area contributed by atoms with Crippen molar-refractivity contribution in [3.8, 4) is 5.75 Å². The Morgan fingerprint density at radius 2 is 2.16 bits per heavy atom. The van der Waals surface area contributed by atoms with Gasteiger partial charge in [-0.3, -0.25) is 4.79 Å². The van der Waals surface area contributed by atoms with Crippen molar-refractivity contribution >= 4 is 34.9 Å². The first-order valence-electron chi connectivity index (χ1n) is 7.70. The van der Waals surface area contributed by atoms with Crippen molar-refractivity contribution in [3.05, 3.63) is 53.6 Å². The molecule has 0 saturated heterocycles. The number of nitrogens with one attached hydrogen (secondary N) is 1. The van der Waals surface area contributed by atoms with E-state index in [2.05, 4.69) is 15.5 Å². The molecular formula is C18H18N4O2S. The summed E-state index contributed by atoms with van der Waals surface area (Å²) in [5.41, 5.74) is 5.89. The lowest BCUT2D eigenvalue weighted by Gasteiger charge is -2.02. The Morgan fingerprint density at radius 3 is 2.92 bits per heavy atom. The molecule has 3 rings (SSSR count). The molecule has 0 radical (unpaired) electrons. The number of aromatic nitrogens is 2. The third-order valence-electron chi connectivity index (χ3n) is 3.66. The van der Waals surface area contributed by atoms with Gasteiger partial charge in [0, 0.05) is 12.6 Å². The molecule has 0 spiro atoms. The molecular weight excluding hydrogens is 336 g/mol. The molecule has 6 nitrogen and oxygen atoms in total. The van der Waals surface area contributed by atoms with Gasteiger partial charge in [-0.15, -0.1) is 0 Å². The highest BCUT2D eigenvalue weighted by atomic mass is 32.2. The lowest BCUT2D eigenvalue weighted by atomic mass is 10.1. The molecule has 1 aromatic heterocycles. The Hall–Kier alpha value is -2.80. The second-order valence-corrected chi connectivity index (χ2v) is 6.53. The first kappa shape index (κ1) is 17.0. The maximum absolute atomic E-state index is 11.9. The van der Waals surface area contributed by atoms with Crippen molar-refractivity contribution < 1.29 is 9.90 Å². The average Bonchev–Trinajstić information content (AvgIpc) is 2.91. The Labute approximate surface area is 149 Å². The van der Waals surface area contributed by atoms with Crippen LogP contribution in [-0.2, 0) is 11.8 Å². The van der Waals surface area contributed by atoms with Crippen molar-refractivity contribution in [3.63, 3.8) is 0 Å². The van der Waals surface area contributed by atoms with Gasteiger partial charge in [0.1, 0.15) is 5.75 Å². The van der Waals surface area contributed by atoms with E-state index in [4.69, 9.17) is 0 Å². The number of hydrogen-bond donors (Lipinski definition) is 2. The summed E-state index contributed by atoms with van der Waals surface area (Å²) >= 11 is 1.35. The van der Waals surface area contributed by atoms with Crippen LogP contribution in [0.25, 0.3) is 11.0 Å². The second-order valence-electron chi connectivity index (χ2n) is 5.59. The van der Waals surface area contributed by atoms with Gasteiger partial charge in [0.05, 0.1) is 23.0 Å². The van der Waals surface area contributed by atoms with Crippen molar-refractivity contribution in [2.75, 3.05) is 5.75 Å². The molecule has 1 amide bonds. The molecule has 0 aliphatic carbocycles. The summed E-state index contributed by atoms with van der Waals surface area (Å²) in [4.78, 5) is 16.4. The predicted octanol–water partition coefficient (Wildman–Crippen LogP) is 2.83. The molecule has 128 valence electrons. The number of aromatic hydroxyl groups is 1. The van der Waals surface area contributed by atoms with E-state index in [1.165, 1.54) is 18.0 Å². The zero-order chi connectivity index (χ0) is 17.8. The third-order valence-corrected chi connectivity index (χ3v) is 4.69. The number of rotatable bonds is 5. The van der Waals surface area contributed by atoms with Crippen LogP contribution in [0.4, 0.5) is 0 Å². The third kappa shape index (κ3) is 4.00. The number of thioether (sulfide) groups is 1. The van der Waals surface area contributed by atoms with Crippen LogP contribution in [0, 0.1) is 6.92 Å². The molecule has 0 saturated carbocycles. The van der Waals surface area contributed by atoms with Crippen LogP contribution in [0.5, 0.6) is 5.75 Å². The van der Waals surface area contributed by atoms with Gasteiger partial charge in [0.25, 0.3) is 5.91 Å². The topological polar surface area (TPSA) is 79.5 Å². The minimum atomic E-state index is -0.236. The molecule has 0 atom stereocenters. The van der Waals surface area contributed by atoms with E-state index in [0.717, 1.165) is 21.8 Å². The van der Waals surface area contributed by atoms with Gasteiger partial charge < -0.3 is 9.67 Å². The van der Waals surface area contributed by atoms with Crippen LogP contribution in [0.1, 0.15) is 11.1 Å². The van der Waals surface area contributed by atoms with Crippen molar-refractivity contribution in [1.29, 1.82) is 0 Å². The van der Waals surface area contributed by atoms with Crippen LogP contribution >= 0.6 is 11.8 Å². The number of carbonyl (C=O) groups is 1. The van der Waals surface area contributed by atoms with Gasteiger partial charge in [-0.2, -0.15) is 5.10 Å². The molecule has 0 unspecified atom stereocenters. The van der Waals surface area contributed by atoms with Crippen molar-refractivity contribution in [2.45, 2.75) is 12.1 Å². The highest BCUT2D eigenvalue weighted by Gasteiger charge is 2.09. The number of hydrazone groups is 1. The number of phenolic OH excluding ortho intramolecular Hbond substituents is 1. The number of aryl methyl sites for hydroxylation is 2. The van der Waals surface area contributed by atoms with E-state index in [1.807, 2.05) is 48.9 Å². The SMILES string of the molecule is Cc1ccc(C=NNC(=O)CSc2nc3ccccc3n2C)c(O)c1. The van der Waals surface area contributed by atoms with E-state index in [-0.39, 0.29) is 17.4 Å². The number of benzene rings is 2. The number of fused-ring (bicyclic) bond motifs is 1. The van der Waals surface area contributed by atoms with Gasteiger partial charge >= 0.3 is 0 Å². The van der Waals surface area contributed by atoms with E-state index < -0.39 is 0 Å². The maximum Gasteiger partial charge on any atom is 0.250 e. The summed E-state index contributed by atoms with van der Waals surface area (Å²) < 4.78 is 1.96. The monoisotopic (exact) mass is 354 g/mol. The van der Waals surface area contributed by atoms with Crippen LogP contribution in [-0.4, -0.2) is 32.5 Å². The molecule has 25 heavy (non-hydrogen) atoms. The van der Waals surface area contributed by atoms with Crippen molar-refractivity contribution in [2.24, 2.45) is 12.1 Å². The number of carbonyl (C=O) groups excluding carboxylic acids is 1. The summed E-state index contributed by atoms with van der Waals surface area (Å²) in [5.74, 6) is 0.0981. The summed E-state index contributed by atoms with van der Waals surface area (Å²) in [6.45, 7) is 1.89. The van der Waals surface area contributed by atoms with Crippen LogP contribution in [0.15, 0.2) is 52.7 Å². The number of para-hydroxylation sites is 2. The minimum absolute atomic E-state index is 0.132. The normalized spacial score (nSPS) is 11.3. The van der Waals surface area contributed by atoms with E-state index in [0.29, 0.717) is 5.56 Å². The molecule has 3 aromatic rings. The summed E-state index contributed by atoms with van der Waals surface area (Å²) in [5, 5.41) is 14.4. The maximum atomic E-state index is 11.9. The van der Waals surface area contributed by atoms with Crippen LogP contribution in [0.2, 0.25) is 0 Å². The van der Waals surface area contributed by atoms with Gasteiger partial charge in [-0.25, -0.2) is 10.4 Å². The molecule has 2 N–H and O–H groups in total. The Balaban J connectivity index is 1.57. The lowest BCUT2D eigenvalue weighted by molar-refractivity contribution is -0.118. The van der Waals surface area contributed by atoms with Gasteiger partial charge in [0.15, 0.2) is 5.16 Å². The fraction of sp³-hybridized carbons (Fsp3) is 0.167. The number of amides is 1. The predicted molar refractivity (Wildman–Crippen MR) is 100 cm³/mol. The van der Waals surface area contributed by atoms with E-state index in [9.17, 15) is 9.90 Å². The molecule has 0 aliphatic rings. The first-order valence-corrected chi connectivity index (χ1v) is 8.69. The quantitative estimate of drug-likeness (QED) is 0.419. The first-order chi connectivity index (χ1) is 12.0. The number of phenols is 1. The number of hydrogen-bond acceptors (Lipinski definition) is 5. The zero-order valence-corrected chi connectivity index (χ0v) is 14.7. The largest absolute Gasteiger partial charge is 0.507 e. The molecule has 0 aliphatic heterocycles. The molecule has 7 heteroatoms. The lowest BCUT2D eigenvalue weighted by Crippen LogP contribution is -2.19. The minimum Gasteiger partial charge on any atom is -0.507 e. The van der Waals surface area contributed by atoms with E-state index in [1.54, 1.807) is 12.1 Å². The van der Waals surface area contributed by atoms with Crippen LogP contribution < -0.4 is 5.43 Å². The molecule has 2 aromatic carbocycles. The van der Waals surface area contributed by atoms with E-state index >= 15 is 0 Å². The summed E-state index contributed by atoms with van der Waals surface area (Å²) in [6, 6.07) is 13.1. The highest BCUT2D eigenvalue weighted by Crippen LogP contribution is 2.22. The van der Waals surface area contributed by atoms with Crippen molar-refractivity contribution in [1.82, 2.24) is 15.0 Å². The Morgan fingerprint density at radius 1 is 1.36 bits per heavy atom.